The summed E-state index contributed by atoms with van der Waals surface area (Å²) in [6, 6.07) is 2.16. The molecule has 2 saturated heterocycles. The molecule has 3 rings (SSSR count). The molecule has 0 bridgehead atoms. The molecule has 112 valence electrons. The van der Waals surface area contributed by atoms with Crippen molar-refractivity contribution in [3.05, 3.63) is 17.5 Å². The lowest BCUT2D eigenvalue weighted by Gasteiger charge is -2.45. The molecule has 1 unspecified atom stereocenters. The average Bonchev–Trinajstić information content (AvgIpc) is 2.71. The van der Waals surface area contributed by atoms with Crippen molar-refractivity contribution in [1.29, 1.82) is 0 Å². The highest BCUT2D eigenvalue weighted by Gasteiger charge is 2.39. The van der Waals surface area contributed by atoms with E-state index in [1.165, 1.54) is 5.69 Å². The number of aliphatic hydroxyl groups excluding tert-OH is 1. The lowest BCUT2D eigenvalue weighted by molar-refractivity contribution is -0.143. The van der Waals surface area contributed by atoms with E-state index in [1.54, 1.807) is 0 Å². The van der Waals surface area contributed by atoms with Crippen molar-refractivity contribution in [2.24, 2.45) is 7.05 Å². The number of rotatable bonds is 2. The fourth-order valence-corrected chi connectivity index (χ4v) is 3.51. The third kappa shape index (κ3) is 2.90. The van der Waals surface area contributed by atoms with Crippen LogP contribution in [0.2, 0.25) is 0 Å². The van der Waals surface area contributed by atoms with Gasteiger partial charge in [0.1, 0.15) is 0 Å². The zero-order valence-electron chi connectivity index (χ0n) is 12.5. The lowest BCUT2D eigenvalue weighted by Crippen LogP contribution is -2.50. The van der Waals surface area contributed by atoms with E-state index in [4.69, 9.17) is 4.74 Å². The first kappa shape index (κ1) is 14.0. The minimum Gasteiger partial charge on any atom is -0.393 e. The Kier molecular flexibility index (Phi) is 3.84. The highest BCUT2D eigenvalue weighted by atomic mass is 16.5. The maximum Gasteiger partial charge on any atom is 0.0731 e. The van der Waals surface area contributed by atoms with Gasteiger partial charge < -0.3 is 9.84 Å². The zero-order valence-corrected chi connectivity index (χ0v) is 12.5. The third-order valence-corrected chi connectivity index (χ3v) is 4.72. The topological polar surface area (TPSA) is 50.5 Å². The van der Waals surface area contributed by atoms with Gasteiger partial charge in [-0.1, -0.05) is 0 Å². The van der Waals surface area contributed by atoms with Crippen LogP contribution in [0.25, 0.3) is 0 Å². The summed E-state index contributed by atoms with van der Waals surface area (Å²) in [6.07, 6.45) is 3.49. The van der Waals surface area contributed by atoms with Gasteiger partial charge in [-0.3, -0.25) is 9.58 Å². The van der Waals surface area contributed by atoms with Crippen LogP contribution in [0.4, 0.5) is 0 Å². The van der Waals surface area contributed by atoms with E-state index >= 15 is 0 Å². The van der Waals surface area contributed by atoms with Gasteiger partial charge in [0.15, 0.2) is 0 Å². The molecule has 2 aliphatic rings. The van der Waals surface area contributed by atoms with Gasteiger partial charge in [0, 0.05) is 39.7 Å². The van der Waals surface area contributed by atoms with E-state index < -0.39 is 0 Å². The summed E-state index contributed by atoms with van der Waals surface area (Å²) >= 11 is 0. The summed E-state index contributed by atoms with van der Waals surface area (Å²) in [6.45, 7) is 5.78. The molecule has 5 heteroatoms. The van der Waals surface area contributed by atoms with Gasteiger partial charge in [0.25, 0.3) is 0 Å². The number of ether oxygens (including phenoxy) is 1. The second kappa shape index (κ2) is 5.47. The molecule has 5 nitrogen and oxygen atoms in total. The highest BCUT2D eigenvalue weighted by molar-refractivity contribution is 5.08. The van der Waals surface area contributed by atoms with Crippen LogP contribution in [0, 0.1) is 6.92 Å². The number of nitrogens with zero attached hydrogens (tertiary/aromatic N) is 3. The molecule has 0 radical (unpaired) electrons. The number of hydrogen-bond acceptors (Lipinski definition) is 4. The first-order valence-electron chi connectivity index (χ1n) is 7.60. The lowest BCUT2D eigenvalue weighted by atomic mass is 9.83. The number of likely N-dealkylation sites (tertiary alicyclic amines) is 1. The molecule has 0 amide bonds. The van der Waals surface area contributed by atoms with Gasteiger partial charge in [0.2, 0.25) is 0 Å². The molecule has 1 N–H and O–H groups in total. The SMILES string of the molecule is Cc1cc(CN2CCC3(CC2)CC(O)CCO3)n(C)n1. The molecule has 1 aromatic rings. The number of piperidine rings is 1. The Labute approximate surface area is 120 Å². The van der Waals surface area contributed by atoms with Crippen LogP contribution < -0.4 is 0 Å². The molecular formula is C15H25N3O2. The quantitative estimate of drug-likeness (QED) is 0.885. The fraction of sp³-hybridized carbons (Fsp3) is 0.800. The number of aliphatic hydroxyl groups is 1. The van der Waals surface area contributed by atoms with Crippen LogP contribution in [0.3, 0.4) is 0 Å². The van der Waals surface area contributed by atoms with Gasteiger partial charge in [-0.05, 0) is 32.3 Å². The van der Waals surface area contributed by atoms with Gasteiger partial charge in [0.05, 0.1) is 23.1 Å². The van der Waals surface area contributed by atoms with Crippen molar-refractivity contribution < 1.29 is 9.84 Å². The monoisotopic (exact) mass is 279 g/mol. The molecule has 0 saturated carbocycles. The number of aryl methyl sites for hydroxylation is 2. The minimum absolute atomic E-state index is 0.0590. The van der Waals surface area contributed by atoms with Gasteiger partial charge >= 0.3 is 0 Å². The van der Waals surface area contributed by atoms with Crippen molar-refractivity contribution in [3.8, 4) is 0 Å². The zero-order chi connectivity index (χ0) is 14.2. The second-order valence-corrected chi connectivity index (χ2v) is 6.35. The molecule has 1 atom stereocenters. The van der Waals surface area contributed by atoms with Crippen LogP contribution in [0.15, 0.2) is 6.07 Å². The van der Waals surface area contributed by atoms with E-state index in [0.29, 0.717) is 6.61 Å². The maximum atomic E-state index is 9.86. The van der Waals surface area contributed by atoms with Crippen LogP contribution >= 0.6 is 0 Å². The fourth-order valence-electron chi connectivity index (χ4n) is 3.51. The van der Waals surface area contributed by atoms with Crippen LogP contribution in [0.1, 0.15) is 37.1 Å². The summed E-state index contributed by atoms with van der Waals surface area (Å²) in [5.41, 5.74) is 2.29. The minimum atomic E-state index is -0.171. The molecule has 1 aromatic heterocycles. The predicted octanol–water partition coefficient (Wildman–Crippen LogP) is 1.23. The van der Waals surface area contributed by atoms with Crippen molar-refractivity contribution in [3.63, 3.8) is 0 Å². The van der Waals surface area contributed by atoms with Gasteiger partial charge in [-0.15, -0.1) is 0 Å². The Morgan fingerprint density at radius 3 is 2.80 bits per heavy atom. The Balaban J connectivity index is 1.57. The van der Waals surface area contributed by atoms with Crippen molar-refractivity contribution in [2.75, 3.05) is 19.7 Å². The summed E-state index contributed by atoms with van der Waals surface area (Å²) in [7, 11) is 2.01. The van der Waals surface area contributed by atoms with Crippen LogP contribution in [0.5, 0.6) is 0 Å². The molecule has 2 fully saturated rings. The first-order chi connectivity index (χ1) is 9.56. The Hall–Kier alpha value is -0.910. The smallest absolute Gasteiger partial charge is 0.0731 e. The van der Waals surface area contributed by atoms with E-state index in [-0.39, 0.29) is 11.7 Å². The van der Waals surface area contributed by atoms with Gasteiger partial charge in [-0.25, -0.2) is 0 Å². The van der Waals surface area contributed by atoms with Crippen molar-refractivity contribution in [1.82, 2.24) is 14.7 Å². The molecule has 20 heavy (non-hydrogen) atoms. The maximum absolute atomic E-state index is 9.86. The highest BCUT2D eigenvalue weighted by Crippen LogP contribution is 2.35. The van der Waals surface area contributed by atoms with E-state index in [1.807, 2.05) is 18.7 Å². The Morgan fingerprint density at radius 2 is 2.20 bits per heavy atom. The summed E-state index contributed by atoms with van der Waals surface area (Å²) in [5, 5.41) is 14.3. The predicted molar refractivity (Wildman–Crippen MR) is 76.4 cm³/mol. The van der Waals surface area contributed by atoms with E-state index in [9.17, 15) is 5.11 Å². The average molecular weight is 279 g/mol. The van der Waals surface area contributed by atoms with Crippen molar-refractivity contribution >= 4 is 0 Å². The molecule has 3 heterocycles. The second-order valence-electron chi connectivity index (χ2n) is 6.35. The van der Waals surface area contributed by atoms with E-state index in [0.717, 1.165) is 51.0 Å². The largest absolute Gasteiger partial charge is 0.393 e. The summed E-state index contributed by atoms with van der Waals surface area (Å²) in [4.78, 5) is 2.46. The molecule has 0 aromatic carbocycles. The first-order valence-corrected chi connectivity index (χ1v) is 7.60. The third-order valence-electron chi connectivity index (χ3n) is 4.72. The molecule has 0 aliphatic carbocycles. The van der Waals surface area contributed by atoms with Crippen LogP contribution in [-0.4, -0.2) is 51.2 Å². The Morgan fingerprint density at radius 1 is 1.45 bits per heavy atom. The van der Waals surface area contributed by atoms with Crippen LogP contribution in [-0.2, 0) is 18.3 Å². The normalized spacial score (nSPS) is 27.1. The standard InChI is InChI=1S/C15H25N3O2/c1-12-9-13(17(2)16-12)11-18-6-4-15(5-7-18)10-14(19)3-8-20-15/h9,14,19H,3-8,10-11H2,1-2H3. The molecule has 2 aliphatic heterocycles. The summed E-state index contributed by atoms with van der Waals surface area (Å²) in [5.74, 6) is 0. The molecular weight excluding hydrogens is 254 g/mol. The van der Waals surface area contributed by atoms with E-state index in [2.05, 4.69) is 16.1 Å². The Bertz CT molecular complexity index is 464. The number of hydrogen-bond donors (Lipinski definition) is 1. The van der Waals surface area contributed by atoms with Crippen molar-refractivity contribution in [2.45, 2.75) is 50.9 Å². The van der Waals surface area contributed by atoms with Gasteiger partial charge in [-0.2, -0.15) is 5.10 Å². The summed E-state index contributed by atoms with van der Waals surface area (Å²) < 4.78 is 7.97. The molecule has 1 spiro atoms. The number of aromatic nitrogens is 2.